The number of aromatic nitrogens is 2. The zero-order chi connectivity index (χ0) is 15.5. The van der Waals surface area contributed by atoms with Crippen LogP contribution >= 0.6 is 15.9 Å². The van der Waals surface area contributed by atoms with Crippen molar-refractivity contribution >= 4 is 21.8 Å². The van der Waals surface area contributed by atoms with Gasteiger partial charge in [0.15, 0.2) is 10.4 Å². The van der Waals surface area contributed by atoms with Gasteiger partial charge in [-0.3, -0.25) is 4.79 Å². The Balaban J connectivity index is 1.72. The first-order valence-electron chi connectivity index (χ1n) is 6.58. The zero-order valence-electron chi connectivity index (χ0n) is 11.6. The molecule has 22 heavy (non-hydrogen) atoms. The first kappa shape index (κ1) is 14.5. The number of halogens is 1. The van der Waals surface area contributed by atoms with Crippen molar-refractivity contribution in [3.63, 3.8) is 0 Å². The lowest BCUT2D eigenvalue weighted by molar-refractivity contribution is 0.0895. The maximum Gasteiger partial charge on any atom is 0.316 e. The fraction of sp³-hybridized carbons (Fsp3) is 0.133. The molecule has 7 heteroatoms. The molecule has 0 fully saturated rings. The Morgan fingerprint density at radius 1 is 1.23 bits per heavy atom. The van der Waals surface area contributed by atoms with E-state index in [9.17, 15) is 4.79 Å². The highest BCUT2D eigenvalue weighted by Gasteiger charge is 2.19. The highest BCUT2D eigenvalue weighted by atomic mass is 79.9. The van der Waals surface area contributed by atoms with Gasteiger partial charge >= 0.3 is 11.8 Å². The van der Waals surface area contributed by atoms with E-state index >= 15 is 0 Å². The maximum absolute atomic E-state index is 12.1. The molecule has 0 aliphatic rings. The van der Waals surface area contributed by atoms with Gasteiger partial charge < -0.3 is 14.3 Å². The van der Waals surface area contributed by atoms with E-state index < -0.39 is 5.91 Å². The summed E-state index contributed by atoms with van der Waals surface area (Å²) in [4.78, 5) is 16.2. The van der Waals surface area contributed by atoms with Gasteiger partial charge in [0.25, 0.3) is 0 Å². The summed E-state index contributed by atoms with van der Waals surface area (Å²) in [7, 11) is 0. The lowest BCUT2D eigenvalue weighted by Gasteiger charge is -2.12. The van der Waals surface area contributed by atoms with Crippen LogP contribution in [0.5, 0.6) is 0 Å². The number of rotatable bonds is 4. The van der Waals surface area contributed by atoms with Crippen LogP contribution in [0.25, 0.3) is 11.6 Å². The summed E-state index contributed by atoms with van der Waals surface area (Å²) in [5, 5.41) is 6.55. The van der Waals surface area contributed by atoms with E-state index in [1.165, 1.54) is 0 Å². The average molecular weight is 362 g/mol. The SMILES string of the molecule is C[C@H](NC(=O)c1nc(-c2ccc(Br)o2)no1)c1ccccc1. The Morgan fingerprint density at radius 2 is 2.00 bits per heavy atom. The van der Waals surface area contributed by atoms with Crippen LogP contribution in [0.4, 0.5) is 0 Å². The fourth-order valence-corrected chi connectivity index (χ4v) is 2.24. The third-order valence-electron chi connectivity index (χ3n) is 3.06. The zero-order valence-corrected chi connectivity index (χ0v) is 13.2. The molecule has 0 aliphatic carbocycles. The van der Waals surface area contributed by atoms with Gasteiger partial charge in [0.1, 0.15) is 0 Å². The van der Waals surface area contributed by atoms with Crippen LogP contribution in [0, 0.1) is 0 Å². The third kappa shape index (κ3) is 3.09. The number of carbonyl (C=O) groups is 1. The second-order valence-electron chi connectivity index (χ2n) is 4.63. The number of hydrogen-bond donors (Lipinski definition) is 1. The molecule has 0 radical (unpaired) electrons. The summed E-state index contributed by atoms with van der Waals surface area (Å²) < 4.78 is 10.8. The van der Waals surface area contributed by atoms with Crippen LogP contribution in [0.3, 0.4) is 0 Å². The Kier molecular flexibility index (Phi) is 4.06. The summed E-state index contributed by atoms with van der Waals surface area (Å²) >= 11 is 3.19. The highest BCUT2D eigenvalue weighted by Crippen LogP contribution is 2.22. The Bertz CT molecular complexity index is 782. The predicted octanol–water partition coefficient (Wildman–Crippen LogP) is 3.58. The summed E-state index contributed by atoms with van der Waals surface area (Å²) in [6, 6.07) is 12.8. The number of amides is 1. The highest BCUT2D eigenvalue weighted by molar-refractivity contribution is 9.10. The molecule has 0 unspecified atom stereocenters. The number of furan rings is 1. The number of benzene rings is 1. The van der Waals surface area contributed by atoms with Crippen LogP contribution in [0.15, 0.2) is 56.1 Å². The van der Waals surface area contributed by atoms with Crippen molar-refractivity contribution in [3.05, 3.63) is 58.6 Å². The van der Waals surface area contributed by atoms with Crippen LogP contribution in [0.2, 0.25) is 0 Å². The molecule has 1 N–H and O–H groups in total. The summed E-state index contributed by atoms with van der Waals surface area (Å²) in [6.45, 7) is 1.88. The maximum atomic E-state index is 12.1. The number of hydrogen-bond acceptors (Lipinski definition) is 5. The van der Waals surface area contributed by atoms with Crippen molar-refractivity contribution in [2.24, 2.45) is 0 Å². The van der Waals surface area contributed by atoms with Gasteiger partial charge in [-0.25, -0.2) is 0 Å². The minimum absolute atomic E-state index is 0.106. The molecular weight excluding hydrogens is 350 g/mol. The number of nitrogens with zero attached hydrogens (tertiary/aromatic N) is 2. The first-order valence-corrected chi connectivity index (χ1v) is 7.38. The van der Waals surface area contributed by atoms with Crippen molar-refractivity contribution < 1.29 is 13.7 Å². The van der Waals surface area contributed by atoms with Crippen LogP contribution in [-0.2, 0) is 0 Å². The van der Waals surface area contributed by atoms with E-state index in [1.807, 2.05) is 37.3 Å². The van der Waals surface area contributed by atoms with Gasteiger partial charge in [0.2, 0.25) is 5.82 Å². The predicted molar refractivity (Wildman–Crippen MR) is 82.0 cm³/mol. The lowest BCUT2D eigenvalue weighted by atomic mass is 10.1. The molecular formula is C15H12BrN3O3. The smallest absolute Gasteiger partial charge is 0.316 e. The molecule has 3 rings (SSSR count). The van der Waals surface area contributed by atoms with Gasteiger partial charge in [-0.1, -0.05) is 35.5 Å². The number of nitrogens with one attached hydrogen (secondary N) is 1. The van der Waals surface area contributed by atoms with Crippen LogP contribution in [-0.4, -0.2) is 16.0 Å². The molecule has 0 bridgehead atoms. The molecule has 0 saturated carbocycles. The van der Waals surface area contributed by atoms with Crippen molar-refractivity contribution in [2.45, 2.75) is 13.0 Å². The molecule has 112 valence electrons. The molecule has 0 saturated heterocycles. The average Bonchev–Trinajstić information content (AvgIpc) is 3.16. The van der Waals surface area contributed by atoms with Crippen molar-refractivity contribution in [1.82, 2.24) is 15.5 Å². The van der Waals surface area contributed by atoms with Gasteiger partial charge in [0.05, 0.1) is 6.04 Å². The van der Waals surface area contributed by atoms with Crippen molar-refractivity contribution in [2.75, 3.05) is 0 Å². The molecule has 3 aromatic rings. The molecule has 1 amide bonds. The van der Waals surface area contributed by atoms with E-state index in [0.717, 1.165) is 5.56 Å². The first-order chi connectivity index (χ1) is 10.6. The molecule has 2 heterocycles. The van der Waals surface area contributed by atoms with E-state index in [1.54, 1.807) is 12.1 Å². The van der Waals surface area contributed by atoms with Crippen molar-refractivity contribution in [3.8, 4) is 11.6 Å². The van der Waals surface area contributed by atoms with Crippen LogP contribution in [0.1, 0.15) is 29.2 Å². The third-order valence-corrected chi connectivity index (χ3v) is 3.49. The fourth-order valence-electron chi connectivity index (χ4n) is 1.93. The lowest BCUT2D eigenvalue weighted by Crippen LogP contribution is -2.26. The van der Waals surface area contributed by atoms with Gasteiger partial charge in [-0.2, -0.15) is 4.98 Å². The molecule has 6 nitrogen and oxygen atoms in total. The van der Waals surface area contributed by atoms with Gasteiger partial charge in [0, 0.05) is 0 Å². The minimum Gasteiger partial charge on any atom is -0.446 e. The van der Waals surface area contributed by atoms with Crippen molar-refractivity contribution in [1.29, 1.82) is 0 Å². The normalized spacial score (nSPS) is 12.1. The standard InChI is InChI=1S/C15H12BrN3O3/c1-9(10-5-3-2-4-6-10)17-14(20)15-18-13(19-22-15)11-7-8-12(16)21-11/h2-9H,1H3,(H,17,20)/t9-/m0/s1. The van der Waals surface area contributed by atoms with Gasteiger partial charge in [-0.05, 0) is 40.5 Å². The summed E-state index contributed by atoms with van der Waals surface area (Å²) in [5.74, 6) is 0.111. The summed E-state index contributed by atoms with van der Waals surface area (Å²) in [6.07, 6.45) is 0. The van der Waals surface area contributed by atoms with Crippen LogP contribution < -0.4 is 5.32 Å². The monoisotopic (exact) mass is 361 g/mol. The quantitative estimate of drug-likeness (QED) is 0.767. The molecule has 0 aliphatic heterocycles. The topological polar surface area (TPSA) is 81.2 Å². The van der Waals surface area contributed by atoms with E-state index in [-0.39, 0.29) is 17.8 Å². The van der Waals surface area contributed by atoms with E-state index in [0.29, 0.717) is 10.4 Å². The second-order valence-corrected chi connectivity index (χ2v) is 5.41. The minimum atomic E-state index is -0.430. The second kappa shape index (κ2) is 6.15. The Hall–Kier alpha value is -2.41. The Labute approximate surface area is 134 Å². The van der Waals surface area contributed by atoms with E-state index in [2.05, 4.69) is 31.4 Å². The Morgan fingerprint density at radius 3 is 2.68 bits per heavy atom. The number of carbonyl (C=O) groups excluding carboxylic acids is 1. The molecule has 2 aromatic heterocycles. The van der Waals surface area contributed by atoms with Gasteiger partial charge in [-0.15, -0.1) is 0 Å². The molecule has 0 spiro atoms. The molecule has 1 atom stereocenters. The largest absolute Gasteiger partial charge is 0.446 e. The molecule has 1 aromatic carbocycles. The summed E-state index contributed by atoms with van der Waals surface area (Å²) in [5.41, 5.74) is 0.991. The van der Waals surface area contributed by atoms with E-state index in [4.69, 9.17) is 8.94 Å².